The Morgan fingerprint density at radius 2 is 1.09 bits per heavy atom. The van der Waals surface area contributed by atoms with Gasteiger partial charge in [0.05, 0.1) is 16.4 Å². The summed E-state index contributed by atoms with van der Waals surface area (Å²) in [6, 6.07) is 55.3. The largest absolute Gasteiger partial charge is 0.456 e. The second kappa shape index (κ2) is 11.1. The highest BCUT2D eigenvalue weighted by Crippen LogP contribution is 2.49. The van der Waals surface area contributed by atoms with Gasteiger partial charge in [0.1, 0.15) is 11.2 Å². The number of hydrogen-bond donors (Lipinski definition) is 0. The normalized spacial score (nSPS) is 13.2. The molecule has 1 aliphatic rings. The molecule has 10 aromatic rings. The van der Waals surface area contributed by atoms with E-state index in [4.69, 9.17) is 19.4 Å². The van der Waals surface area contributed by atoms with Crippen LogP contribution in [-0.4, -0.2) is 19.5 Å². The van der Waals surface area contributed by atoms with E-state index in [1.54, 1.807) is 0 Å². The van der Waals surface area contributed by atoms with E-state index in [0.29, 0.717) is 17.5 Å². The number of benzene rings is 7. The maximum absolute atomic E-state index is 6.55. The molecule has 0 aliphatic heterocycles. The molecule has 0 unspecified atom stereocenters. The first kappa shape index (κ1) is 29.8. The van der Waals surface area contributed by atoms with Gasteiger partial charge in [-0.15, -0.1) is 0 Å². The predicted octanol–water partition coefficient (Wildman–Crippen LogP) is 12.2. The topological polar surface area (TPSA) is 56.7 Å². The predicted molar refractivity (Wildman–Crippen MR) is 215 cm³/mol. The van der Waals surface area contributed by atoms with E-state index >= 15 is 0 Å². The second-order valence-electron chi connectivity index (χ2n) is 14.4. The lowest BCUT2D eigenvalue weighted by Crippen LogP contribution is -2.15. The lowest BCUT2D eigenvalue weighted by molar-refractivity contribution is 0.660. The van der Waals surface area contributed by atoms with Gasteiger partial charge in [-0.25, -0.2) is 15.0 Å². The van der Waals surface area contributed by atoms with Crippen molar-refractivity contribution in [3.63, 3.8) is 0 Å². The Bertz CT molecular complexity index is 3080. The minimum absolute atomic E-state index is 0.138. The molecule has 0 fully saturated rings. The maximum atomic E-state index is 6.55. The fraction of sp³-hybridized carbons (Fsp3) is 0.0625. The molecule has 53 heavy (non-hydrogen) atoms. The van der Waals surface area contributed by atoms with Gasteiger partial charge in [0.15, 0.2) is 17.5 Å². The number of aromatic nitrogens is 4. The Labute approximate surface area is 305 Å². The van der Waals surface area contributed by atoms with Crippen LogP contribution in [0.25, 0.3) is 94.7 Å². The van der Waals surface area contributed by atoms with Gasteiger partial charge in [-0.1, -0.05) is 117 Å². The number of fused-ring (bicyclic) bond motifs is 10. The molecule has 3 aromatic heterocycles. The zero-order valence-corrected chi connectivity index (χ0v) is 29.2. The molecule has 0 amide bonds. The van der Waals surface area contributed by atoms with Gasteiger partial charge in [-0.2, -0.15) is 0 Å². The molecule has 3 heterocycles. The van der Waals surface area contributed by atoms with Crippen molar-refractivity contribution in [2.45, 2.75) is 19.3 Å². The third kappa shape index (κ3) is 4.40. The van der Waals surface area contributed by atoms with E-state index in [9.17, 15) is 0 Å². The smallest absolute Gasteiger partial charge is 0.164 e. The molecule has 0 radical (unpaired) electrons. The molecule has 0 spiro atoms. The highest BCUT2D eigenvalue weighted by atomic mass is 16.3. The van der Waals surface area contributed by atoms with Crippen LogP contribution in [0, 0.1) is 0 Å². The van der Waals surface area contributed by atoms with Crippen LogP contribution in [0.1, 0.15) is 25.0 Å². The maximum Gasteiger partial charge on any atom is 0.164 e. The first-order valence-electron chi connectivity index (χ1n) is 18.0. The Morgan fingerprint density at radius 1 is 0.472 bits per heavy atom. The number of para-hydroxylation sites is 2. The second-order valence-corrected chi connectivity index (χ2v) is 14.4. The summed E-state index contributed by atoms with van der Waals surface area (Å²) < 4.78 is 8.90. The van der Waals surface area contributed by atoms with E-state index in [1.165, 1.54) is 33.0 Å². The molecule has 1 aliphatic carbocycles. The Hall–Kier alpha value is -6.85. The average molecular weight is 681 g/mol. The van der Waals surface area contributed by atoms with E-state index < -0.39 is 0 Å². The van der Waals surface area contributed by atoms with Crippen molar-refractivity contribution in [2.24, 2.45) is 0 Å². The SMILES string of the molecule is CC1(C)c2ccccc2-c2ccc(-c3nc(-c4ccccc4)nc(-c4ccc5oc6ccc7c8ccccc8n(-c8ccccc8)c7c6c5c4)n3)cc21. The fourth-order valence-electron chi connectivity index (χ4n) is 8.50. The summed E-state index contributed by atoms with van der Waals surface area (Å²) in [4.78, 5) is 15.4. The van der Waals surface area contributed by atoms with Crippen molar-refractivity contribution in [2.75, 3.05) is 0 Å². The van der Waals surface area contributed by atoms with Crippen molar-refractivity contribution in [1.82, 2.24) is 19.5 Å². The number of furan rings is 1. The van der Waals surface area contributed by atoms with Gasteiger partial charge in [0.2, 0.25) is 0 Å². The van der Waals surface area contributed by atoms with Gasteiger partial charge >= 0.3 is 0 Å². The highest BCUT2D eigenvalue weighted by molar-refractivity contribution is 6.24. The average Bonchev–Trinajstić information content (AvgIpc) is 3.83. The van der Waals surface area contributed by atoms with Gasteiger partial charge < -0.3 is 8.98 Å². The Morgan fingerprint density at radius 3 is 1.91 bits per heavy atom. The van der Waals surface area contributed by atoms with Crippen LogP contribution in [0.3, 0.4) is 0 Å². The van der Waals surface area contributed by atoms with Crippen molar-refractivity contribution in [1.29, 1.82) is 0 Å². The highest BCUT2D eigenvalue weighted by Gasteiger charge is 2.35. The first-order chi connectivity index (χ1) is 26.0. The monoisotopic (exact) mass is 680 g/mol. The summed E-state index contributed by atoms with van der Waals surface area (Å²) in [5, 5.41) is 4.47. The Kier molecular flexibility index (Phi) is 6.23. The molecular formula is C48H32N4O. The van der Waals surface area contributed by atoms with Gasteiger partial charge in [0.25, 0.3) is 0 Å². The number of nitrogens with zero attached hydrogens (tertiary/aromatic N) is 4. The number of rotatable bonds is 4. The van der Waals surface area contributed by atoms with E-state index in [2.05, 4.69) is 152 Å². The third-order valence-corrected chi connectivity index (χ3v) is 11.0. The Balaban J connectivity index is 1.14. The molecule has 0 saturated carbocycles. The van der Waals surface area contributed by atoms with Gasteiger partial charge in [-0.3, -0.25) is 0 Å². The summed E-state index contributed by atoms with van der Waals surface area (Å²) in [5.74, 6) is 1.90. The van der Waals surface area contributed by atoms with Crippen molar-refractivity contribution >= 4 is 43.7 Å². The number of hydrogen-bond acceptors (Lipinski definition) is 4. The van der Waals surface area contributed by atoms with Crippen LogP contribution in [0.15, 0.2) is 162 Å². The summed E-state index contributed by atoms with van der Waals surface area (Å²) in [5.41, 5.74) is 12.9. The first-order valence-corrected chi connectivity index (χ1v) is 18.0. The molecule has 5 nitrogen and oxygen atoms in total. The third-order valence-electron chi connectivity index (χ3n) is 11.0. The molecule has 250 valence electrons. The minimum atomic E-state index is -0.138. The van der Waals surface area contributed by atoms with Crippen molar-refractivity contribution in [3.05, 3.63) is 169 Å². The molecule has 0 atom stereocenters. The molecule has 7 aromatic carbocycles. The zero-order valence-electron chi connectivity index (χ0n) is 29.2. The summed E-state index contributed by atoms with van der Waals surface area (Å²) in [6.45, 7) is 4.60. The molecule has 0 saturated heterocycles. The summed E-state index contributed by atoms with van der Waals surface area (Å²) >= 11 is 0. The van der Waals surface area contributed by atoms with Crippen LogP contribution in [0.4, 0.5) is 0 Å². The van der Waals surface area contributed by atoms with Crippen molar-refractivity contribution in [3.8, 4) is 51.0 Å². The molecule has 5 heteroatoms. The summed E-state index contributed by atoms with van der Waals surface area (Å²) in [6.07, 6.45) is 0. The molecule has 0 N–H and O–H groups in total. The summed E-state index contributed by atoms with van der Waals surface area (Å²) in [7, 11) is 0. The lowest BCUT2D eigenvalue weighted by Gasteiger charge is -2.21. The van der Waals surface area contributed by atoms with Crippen molar-refractivity contribution < 1.29 is 4.42 Å². The molecule has 11 rings (SSSR count). The molecule has 0 bridgehead atoms. The van der Waals surface area contributed by atoms with Gasteiger partial charge in [-0.05, 0) is 76.9 Å². The van der Waals surface area contributed by atoms with E-state index in [-0.39, 0.29) is 5.41 Å². The van der Waals surface area contributed by atoms with E-state index in [0.717, 1.165) is 55.3 Å². The minimum Gasteiger partial charge on any atom is -0.456 e. The van der Waals surface area contributed by atoms with Crippen LogP contribution in [-0.2, 0) is 5.41 Å². The fourth-order valence-corrected chi connectivity index (χ4v) is 8.50. The standard InChI is InChI=1S/C48H32N4O/c1-48(2)38-19-11-9-17-33(38)34-23-21-31(28-39(34)48)47-50-45(29-13-5-3-6-14-29)49-46(51-47)30-22-25-41-37(27-30)43-42(53-41)26-24-36-35-18-10-12-20-40(35)52(44(36)43)32-15-7-4-8-16-32/h3-28H,1-2H3. The van der Waals surface area contributed by atoms with Crippen LogP contribution >= 0.6 is 0 Å². The molecular weight excluding hydrogens is 649 g/mol. The zero-order chi connectivity index (χ0) is 35.3. The quantitative estimate of drug-likeness (QED) is 0.186. The van der Waals surface area contributed by atoms with Gasteiger partial charge in [0, 0.05) is 44.0 Å². The van der Waals surface area contributed by atoms with Crippen LogP contribution in [0.2, 0.25) is 0 Å². The lowest BCUT2D eigenvalue weighted by atomic mass is 9.82. The van der Waals surface area contributed by atoms with Crippen LogP contribution in [0.5, 0.6) is 0 Å². The van der Waals surface area contributed by atoms with Crippen LogP contribution < -0.4 is 0 Å². The van der Waals surface area contributed by atoms with E-state index in [1.807, 2.05) is 24.3 Å².